The third kappa shape index (κ3) is 4.95. The van der Waals surface area contributed by atoms with E-state index in [1.54, 1.807) is 0 Å². The number of hydrogen-bond acceptors (Lipinski definition) is 2. The highest BCUT2D eigenvalue weighted by molar-refractivity contribution is 5.24. The van der Waals surface area contributed by atoms with Crippen LogP contribution in [0.4, 0.5) is 0 Å². The molecule has 0 saturated heterocycles. The minimum atomic E-state index is -0.302. The van der Waals surface area contributed by atoms with Crippen LogP contribution < -0.4 is 5.73 Å². The zero-order valence-electron chi connectivity index (χ0n) is 12.7. The summed E-state index contributed by atoms with van der Waals surface area (Å²) in [7, 11) is 0. The minimum absolute atomic E-state index is 0.302. The molecule has 2 heteroatoms. The normalized spacial score (nSPS) is 13.9. The highest BCUT2D eigenvalue weighted by atomic mass is 15.1. The van der Waals surface area contributed by atoms with Crippen molar-refractivity contribution < 1.29 is 0 Å². The Labute approximate surface area is 124 Å². The predicted octanol–water partition coefficient (Wildman–Crippen LogP) is 3.70. The van der Waals surface area contributed by atoms with Crippen LogP contribution in [0.25, 0.3) is 0 Å². The van der Waals surface area contributed by atoms with Crippen LogP contribution in [0.3, 0.4) is 0 Å². The summed E-state index contributed by atoms with van der Waals surface area (Å²) in [5, 5.41) is 0. The van der Waals surface area contributed by atoms with Gasteiger partial charge in [-0.3, -0.25) is 4.90 Å². The number of nitrogens with two attached hydrogens (primary N) is 1. The van der Waals surface area contributed by atoms with Gasteiger partial charge < -0.3 is 5.73 Å². The van der Waals surface area contributed by atoms with Crippen LogP contribution >= 0.6 is 0 Å². The number of unbranched alkanes of at least 4 members (excludes halogenated alkanes) is 1. The monoisotopic (exact) mass is 272 g/mol. The van der Waals surface area contributed by atoms with Gasteiger partial charge in [0.25, 0.3) is 0 Å². The van der Waals surface area contributed by atoms with E-state index in [-0.39, 0.29) is 5.54 Å². The van der Waals surface area contributed by atoms with Crippen molar-refractivity contribution in [2.75, 3.05) is 19.6 Å². The predicted molar refractivity (Wildman–Crippen MR) is 88.7 cm³/mol. The summed E-state index contributed by atoms with van der Waals surface area (Å²) in [6.45, 7) is 12.4. The maximum absolute atomic E-state index is 6.76. The molecule has 0 heterocycles. The molecule has 0 amide bonds. The molecule has 0 aromatic heterocycles. The molecule has 1 atom stereocenters. The van der Waals surface area contributed by atoms with Gasteiger partial charge >= 0.3 is 0 Å². The smallest absolute Gasteiger partial charge is 0.0538 e. The third-order valence-corrected chi connectivity index (χ3v) is 3.61. The fraction of sp³-hybridized carbons (Fsp3) is 0.444. The molecule has 1 unspecified atom stereocenters. The van der Waals surface area contributed by atoms with Gasteiger partial charge in [-0.05, 0) is 12.0 Å². The lowest BCUT2D eigenvalue weighted by Gasteiger charge is -2.35. The molecule has 0 aliphatic heterocycles. The van der Waals surface area contributed by atoms with Crippen molar-refractivity contribution in [3.05, 3.63) is 61.2 Å². The van der Waals surface area contributed by atoms with Gasteiger partial charge in [0, 0.05) is 19.6 Å². The lowest BCUT2D eigenvalue weighted by atomic mass is 9.85. The summed E-state index contributed by atoms with van der Waals surface area (Å²) in [5.74, 6) is 0. The second kappa shape index (κ2) is 8.72. The maximum atomic E-state index is 6.76. The summed E-state index contributed by atoms with van der Waals surface area (Å²) in [5.41, 5.74) is 7.67. The van der Waals surface area contributed by atoms with E-state index in [0.717, 1.165) is 38.9 Å². The van der Waals surface area contributed by atoms with E-state index in [0.29, 0.717) is 0 Å². The fourth-order valence-electron chi connectivity index (χ4n) is 2.54. The Morgan fingerprint density at radius 3 is 2.25 bits per heavy atom. The molecule has 20 heavy (non-hydrogen) atoms. The molecule has 1 rings (SSSR count). The van der Waals surface area contributed by atoms with Crippen molar-refractivity contribution in [1.82, 2.24) is 4.90 Å². The Morgan fingerprint density at radius 1 is 1.15 bits per heavy atom. The van der Waals surface area contributed by atoms with E-state index in [4.69, 9.17) is 5.73 Å². The van der Waals surface area contributed by atoms with Gasteiger partial charge in [-0.1, -0.05) is 62.2 Å². The standard InChI is InChI=1S/C18H28N2/c1-4-7-13-18(19,17-11-9-8-10-12-17)16-20(14-5-2)15-6-3/h5-6,8-12H,2-4,7,13-16,19H2,1H3. The van der Waals surface area contributed by atoms with E-state index < -0.39 is 0 Å². The van der Waals surface area contributed by atoms with E-state index in [1.165, 1.54) is 5.56 Å². The summed E-state index contributed by atoms with van der Waals surface area (Å²) in [4.78, 5) is 2.29. The largest absolute Gasteiger partial charge is 0.320 e. The molecule has 2 N–H and O–H groups in total. The average Bonchev–Trinajstić information content (AvgIpc) is 2.47. The molecule has 110 valence electrons. The third-order valence-electron chi connectivity index (χ3n) is 3.61. The molecular formula is C18H28N2. The van der Waals surface area contributed by atoms with Crippen LogP contribution in [-0.2, 0) is 5.54 Å². The lowest BCUT2D eigenvalue weighted by Crippen LogP contribution is -2.48. The molecule has 0 spiro atoms. The van der Waals surface area contributed by atoms with Gasteiger partial charge in [0.1, 0.15) is 0 Å². The summed E-state index contributed by atoms with van der Waals surface area (Å²) < 4.78 is 0. The van der Waals surface area contributed by atoms with Crippen molar-refractivity contribution in [2.45, 2.75) is 31.7 Å². The molecule has 0 radical (unpaired) electrons. The number of nitrogens with zero attached hydrogens (tertiary/aromatic N) is 1. The molecule has 0 bridgehead atoms. The molecule has 1 aromatic carbocycles. The first-order chi connectivity index (χ1) is 9.66. The summed E-state index contributed by atoms with van der Waals surface area (Å²) in [6, 6.07) is 10.4. The highest BCUT2D eigenvalue weighted by Crippen LogP contribution is 2.25. The van der Waals surface area contributed by atoms with Crippen molar-refractivity contribution in [3.8, 4) is 0 Å². The van der Waals surface area contributed by atoms with Gasteiger partial charge in [-0.25, -0.2) is 0 Å². The first-order valence-electron chi connectivity index (χ1n) is 7.45. The van der Waals surface area contributed by atoms with Crippen molar-refractivity contribution in [2.24, 2.45) is 5.73 Å². The van der Waals surface area contributed by atoms with Crippen LogP contribution in [0.15, 0.2) is 55.6 Å². The van der Waals surface area contributed by atoms with E-state index in [2.05, 4.69) is 49.2 Å². The summed E-state index contributed by atoms with van der Waals surface area (Å²) >= 11 is 0. The van der Waals surface area contributed by atoms with E-state index in [1.807, 2.05) is 18.2 Å². The lowest BCUT2D eigenvalue weighted by molar-refractivity contribution is 0.231. The van der Waals surface area contributed by atoms with Crippen LogP contribution in [0.2, 0.25) is 0 Å². The molecule has 1 aromatic rings. The van der Waals surface area contributed by atoms with E-state index >= 15 is 0 Å². The molecule has 0 saturated carbocycles. The molecule has 0 fully saturated rings. The molecule has 0 aliphatic carbocycles. The van der Waals surface area contributed by atoms with Gasteiger partial charge in [0.05, 0.1) is 5.54 Å². The second-order valence-corrected chi connectivity index (χ2v) is 5.40. The molecular weight excluding hydrogens is 244 g/mol. The van der Waals surface area contributed by atoms with Gasteiger partial charge in [-0.2, -0.15) is 0 Å². The topological polar surface area (TPSA) is 29.3 Å². The Morgan fingerprint density at radius 2 is 1.75 bits per heavy atom. The molecule has 0 aliphatic rings. The van der Waals surface area contributed by atoms with Crippen LogP contribution in [-0.4, -0.2) is 24.5 Å². The average molecular weight is 272 g/mol. The quantitative estimate of drug-likeness (QED) is 0.658. The Bertz CT molecular complexity index is 389. The van der Waals surface area contributed by atoms with Gasteiger partial charge in [-0.15, -0.1) is 13.2 Å². The Balaban J connectivity index is 2.91. The molecule has 2 nitrogen and oxygen atoms in total. The number of rotatable bonds is 10. The SMILES string of the molecule is C=CCN(CC=C)CC(N)(CCCC)c1ccccc1. The highest BCUT2D eigenvalue weighted by Gasteiger charge is 2.28. The van der Waals surface area contributed by atoms with Crippen molar-refractivity contribution in [1.29, 1.82) is 0 Å². The van der Waals surface area contributed by atoms with E-state index in [9.17, 15) is 0 Å². The minimum Gasteiger partial charge on any atom is -0.320 e. The first-order valence-corrected chi connectivity index (χ1v) is 7.45. The second-order valence-electron chi connectivity index (χ2n) is 5.40. The Kier molecular flexibility index (Phi) is 7.27. The number of hydrogen-bond donors (Lipinski definition) is 1. The first kappa shape index (κ1) is 16.7. The zero-order valence-corrected chi connectivity index (χ0v) is 12.7. The fourth-order valence-corrected chi connectivity index (χ4v) is 2.54. The van der Waals surface area contributed by atoms with Crippen molar-refractivity contribution >= 4 is 0 Å². The van der Waals surface area contributed by atoms with Gasteiger partial charge in [0.15, 0.2) is 0 Å². The number of benzene rings is 1. The van der Waals surface area contributed by atoms with Crippen LogP contribution in [0, 0.1) is 0 Å². The van der Waals surface area contributed by atoms with Crippen LogP contribution in [0.5, 0.6) is 0 Å². The zero-order chi connectivity index (χ0) is 14.8. The summed E-state index contributed by atoms with van der Waals surface area (Å²) in [6.07, 6.45) is 7.15. The van der Waals surface area contributed by atoms with Crippen LogP contribution in [0.1, 0.15) is 31.7 Å². The maximum Gasteiger partial charge on any atom is 0.0538 e. The Hall–Kier alpha value is -1.38. The van der Waals surface area contributed by atoms with Crippen molar-refractivity contribution in [3.63, 3.8) is 0 Å². The van der Waals surface area contributed by atoms with Gasteiger partial charge in [0.2, 0.25) is 0 Å².